The Morgan fingerprint density at radius 1 is 0.707 bits per heavy atom. The molecular formula is C40H50F3N5O10. The highest BCUT2D eigenvalue weighted by Crippen LogP contribution is 2.34. The van der Waals surface area contributed by atoms with Gasteiger partial charge < -0.3 is 41.2 Å². The summed E-state index contributed by atoms with van der Waals surface area (Å²) in [4.78, 5) is 90.3. The molecule has 0 spiro atoms. The van der Waals surface area contributed by atoms with Crippen LogP contribution in [0.4, 0.5) is 18.9 Å². The average Bonchev–Trinajstić information content (AvgIpc) is 3.11. The highest BCUT2D eigenvalue weighted by Gasteiger charge is 2.35. The maximum atomic E-state index is 13.9. The molecule has 0 saturated carbocycles. The van der Waals surface area contributed by atoms with Crippen molar-refractivity contribution in [1.29, 1.82) is 0 Å². The summed E-state index contributed by atoms with van der Waals surface area (Å²) in [5.74, 6) is -5.69. The third-order valence-corrected chi connectivity index (χ3v) is 8.84. The molecule has 0 fully saturated rings. The number of alkyl halides is 3. The second kappa shape index (κ2) is 20.5. The molecule has 0 bridgehead atoms. The van der Waals surface area contributed by atoms with Crippen LogP contribution in [0.3, 0.4) is 0 Å². The molecule has 2 aromatic carbocycles. The maximum Gasteiger partial charge on any atom is 0.417 e. The summed E-state index contributed by atoms with van der Waals surface area (Å²) in [6.45, 7) is 10.5. The number of benzene rings is 2. The van der Waals surface area contributed by atoms with Gasteiger partial charge in [-0.2, -0.15) is 13.2 Å². The fourth-order valence-electron chi connectivity index (χ4n) is 6.00. The van der Waals surface area contributed by atoms with Crippen LogP contribution in [-0.2, 0) is 41.4 Å². The molecule has 0 aliphatic heterocycles. The Kier molecular flexibility index (Phi) is 16.4. The minimum atomic E-state index is -4.86. The number of carbonyl (C=O) groups excluding carboxylic acids is 5. The van der Waals surface area contributed by atoms with Crippen molar-refractivity contribution >= 4 is 52.2 Å². The van der Waals surface area contributed by atoms with Crippen molar-refractivity contribution in [3.63, 3.8) is 0 Å². The lowest BCUT2D eigenvalue weighted by atomic mass is 9.98. The number of carboxylic acids is 1. The largest absolute Gasteiger partial charge is 0.508 e. The van der Waals surface area contributed by atoms with Gasteiger partial charge in [-0.1, -0.05) is 53.7 Å². The molecule has 3 aromatic rings. The molecular weight excluding hydrogens is 767 g/mol. The number of nitrogens with one attached hydrogen (secondary N) is 5. The van der Waals surface area contributed by atoms with Crippen molar-refractivity contribution in [2.24, 2.45) is 17.8 Å². The zero-order valence-corrected chi connectivity index (χ0v) is 33.0. The summed E-state index contributed by atoms with van der Waals surface area (Å²) in [5, 5.41) is 31.4. The van der Waals surface area contributed by atoms with Gasteiger partial charge in [0, 0.05) is 36.0 Å². The minimum Gasteiger partial charge on any atom is -0.508 e. The van der Waals surface area contributed by atoms with E-state index in [1.54, 1.807) is 13.8 Å². The second-order valence-corrected chi connectivity index (χ2v) is 15.2. The van der Waals surface area contributed by atoms with E-state index in [4.69, 9.17) is 9.52 Å². The molecule has 1 heterocycles. The predicted octanol–water partition coefficient (Wildman–Crippen LogP) is 4.25. The topological polar surface area (TPSA) is 233 Å². The van der Waals surface area contributed by atoms with Crippen molar-refractivity contribution in [3.05, 3.63) is 70.1 Å². The number of aliphatic carboxylic acids is 1. The van der Waals surface area contributed by atoms with E-state index in [2.05, 4.69) is 26.6 Å². The Hall–Kier alpha value is -5.94. The van der Waals surface area contributed by atoms with E-state index in [0.29, 0.717) is 11.6 Å². The normalized spacial score (nSPS) is 13.7. The lowest BCUT2D eigenvalue weighted by Gasteiger charge is -2.29. The Balaban J connectivity index is 1.87. The average molecular weight is 818 g/mol. The monoisotopic (exact) mass is 817 g/mol. The van der Waals surface area contributed by atoms with Crippen LogP contribution in [0.25, 0.3) is 11.0 Å². The molecule has 15 nitrogen and oxygen atoms in total. The predicted molar refractivity (Wildman–Crippen MR) is 206 cm³/mol. The molecule has 4 atom stereocenters. The van der Waals surface area contributed by atoms with Crippen LogP contribution in [0.2, 0.25) is 0 Å². The van der Waals surface area contributed by atoms with Crippen molar-refractivity contribution < 1.29 is 56.6 Å². The second-order valence-electron chi connectivity index (χ2n) is 15.2. The fraction of sp³-hybridized carbons (Fsp3) is 0.475. The number of carbonyl (C=O) groups is 6. The first-order valence-electron chi connectivity index (χ1n) is 18.7. The van der Waals surface area contributed by atoms with Crippen molar-refractivity contribution in [2.45, 2.75) is 104 Å². The van der Waals surface area contributed by atoms with E-state index in [9.17, 15) is 51.8 Å². The van der Waals surface area contributed by atoms with Gasteiger partial charge >= 0.3 is 17.8 Å². The van der Waals surface area contributed by atoms with Gasteiger partial charge in [0.2, 0.25) is 29.5 Å². The third kappa shape index (κ3) is 14.2. The summed E-state index contributed by atoms with van der Waals surface area (Å²) in [7, 11) is 0. The summed E-state index contributed by atoms with van der Waals surface area (Å²) < 4.78 is 45.8. The first kappa shape index (κ1) is 46.4. The molecule has 3 rings (SSSR count). The van der Waals surface area contributed by atoms with Crippen LogP contribution in [-0.4, -0.2) is 69.9 Å². The number of anilines is 1. The number of rotatable bonds is 19. The van der Waals surface area contributed by atoms with Gasteiger partial charge in [0.25, 0.3) is 0 Å². The molecule has 1 aromatic heterocycles. The van der Waals surface area contributed by atoms with Crippen molar-refractivity contribution in [3.8, 4) is 5.75 Å². The first-order chi connectivity index (χ1) is 27.0. The molecule has 0 saturated heterocycles. The molecule has 316 valence electrons. The Morgan fingerprint density at radius 2 is 1.28 bits per heavy atom. The number of amides is 5. The van der Waals surface area contributed by atoms with Gasteiger partial charge in [0.15, 0.2) is 0 Å². The van der Waals surface area contributed by atoms with Gasteiger partial charge in [-0.25, -0.2) is 4.79 Å². The molecule has 4 unspecified atom stereocenters. The minimum absolute atomic E-state index is 0.0558. The quantitative estimate of drug-likeness (QED) is 0.0850. The van der Waals surface area contributed by atoms with E-state index in [0.717, 1.165) is 12.1 Å². The Morgan fingerprint density at radius 3 is 1.83 bits per heavy atom. The highest BCUT2D eigenvalue weighted by atomic mass is 19.4. The molecule has 0 radical (unpaired) electrons. The number of phenols is 1. The number of halogens is 3. The Labute approximate surface area is 332 Å². The van der Waals surface area contributed by atoms with E-state index in [-0.39, 0.29) is 49.0 Å². The number of fused-ring (bicyclic) bond motifs is 1. The highest BCUT2D eigenvalue weighted by molar-refractivity contribution is 6.00. The van der Waals surface area contributed by atoms with Crippen molar-refractivity contribution in [1.82, 2.24) is 21.3 Å². The van der Waals surface area contributed by atoms with E-state index >= 15 is 0 Å². The molecule has 5 amide bonds. The van der Waals surface area contributed by atoms with Crippen LogP contribution >= 0.6 is 0 Å². The van der Waals surface area contributed by atoms with Gasteiger partial charge in [0.05, 0.1) is 12.0 Å². The molecule has 18 heteroatoms. The van der Waals surface area contributed by atoms with Gasteiger partial charge in [-0.05, 0) is 60.4 Å². The van der Waals surface area contributed by atoms with Crippen LogP contribution in [0.5, 0.6) is 5.75 Å². The van der Waals surface area contributed by atoms with Crippen LogP contribution in [0.15, 0.2) is 57.7 Å². The van der Waals surface area contributed by atoms with Crippen LogP contribution in [0, 0.1) is 17.8 Å². The molecule has 7 N–H and O–H groups in total. The standard InChI is InChI=1S/C40H50F3N5O10/c1-20(2)15-28(45-32(50)13-14-33(51)52)37(55)46-29(16-21(3)4)38(56)48-35(22(5)6)39(57)47-30(17-23-7-10-25(49)11-8-23)36(54)44-24-9-12-26-27(40(41,42)43)19-34(53)58-31(26)18-24/h7-12,18-22,28-30,35,49H,13-17H2,1-6H3,(H,44,54)(H,45,50)(H,46,55)(H,47,57)(H,48,56)(H,51,52). The summed E-state index contributed by atoms with van der Waals surface area (Å²) in [6.07, 6.45) is -5.48. The van der Waals surface area contributed by atoms with Crippen LogP contribution in [0.1, 0.15) is 78.4 Å². The number of hydrogen-bond donors (Lipinski definition) is 7. The third-order valence-electron chi connectivity index (χ3n) is 8.84. The zero-order valence-electron chi connectivity index (χ0n) is 33.0. The fourth-order valence-corrected chi connectivity index (χ4v) is 6.00. The van der Waals surface area contributed by atoms with Gasteiger partial charge in [-0.15, -0.1) is 0 Å². The van der Waals surface area contributed by atoms with Gasteiger partial charge in [-0.3, -0.25) is 28.8 Å². The first-order valence-corrected chi connectivity index (χ1v) is 18.7. The lowest BCUT2D eigenvalue weighted by molar-refractivity contribution is -0.139. The Bertz CT molecular complexity index is 2010. The summed E-state index contributed by atoms with van der Waals surface area (Å²) in [6, 6.07) is 4.43. The summed E-state index contributed by atoms with van der Waals surface area (Å²) in [5.41, 5.74) is -2.49. The maximum absolute atomic E-state index is 13.9. The molecule has 58 heavy (non-hydrogen) atoms. The van der Waals surface area contributed by atoms with E-state index in [1.807, 2.05) is 27.7 Å². The number of aromatic hydroxyl groups is 1. The van der Waals surface area contributed by atoms with Crippen molar-refractivity contribution in [2.75, 3.05) is 5.32 Å². The van der Waals surface area contributed by atoms with Gasteiger partial charge in [0.1, 0.15) is 35.5 Å². The molecule has 0 aliphatic rings. The van der Waals surface area contributed by atoms with E-state index in [1.165, 1.54) is 30.3 Å². The van der Waals surface area contributed by atoms with Crippen LogP contribution < -0.4 is 32.2 Å². The number of hydrogen-bond acceptors (Lipinski definition) is 9. The lowest BCUT2D eigenvalue weighted by Crippen LogP contribution is -2.59. The molecule has 0 aliphatic carbocycles. The smallest absolute Gasteiger partial charge is 0.417 e. The van der Waals surface area contributed by atoms with E-state index < -0.39 is 100 Å². The zero-order chi connectivity index (χ0) is 43.5. The number of phenolic OH excluding ortho intramolecular Hbond substituents is 1. The summed E-state index contributed by atoms with van der Waals surface area (Å²) >= 11 is 0. The number of carboxylic acid groups (broad SMARTS) is 1. The SMILES string of the molecule is CC(C)CC(NC(=O)CCC(=O)O)C(=O)NC(CC(C)C)C(=O)NC(C(=O)NC(Cc1ccc(O)cc1)C(=O)Nc1ccc2c(C(F)(F)F)cc(=O)oc2c1)C(C)C.